The zero-order chi connectivity index (χ0) is 10.3. The van der Waals surface area contributed by atoms with Crippen LogP contribution in [-0.2, 0) is 9.59 Å². The van der Waals surface area contributed by atoms with Crippen molar-refractivity contribution in [1.82, 2.24) is 5.32 Å². The third kappa shape index (κ3) is 4.59. The molecule has 0 aliphatic heterocycles. The second-order valence-electron chi connectivity index (χ2n) is 2.82. The van der Waals surface area contributed by atoms with Crippen molar-refractivity contribution in [1.29, 1.82) is 0 Å². The predicted octanol–water partition coefficient (Wildman–Crippen LogP) is -1.35. The highest BCUT2D eigenvalue weighted by atomic mass is 16.3. The van der Waals surface area contributed by atoms with Gasteiger partial charge >= 0.3 is 0 Å². The van der Waals surface area contributed by atoms with Gasteiger partial charge in [0.2, 0.25) is 5.91 Å². The maximum absolute atomic E-state index is 10.6. The van der Waals surface area contributed by atoms with E-state index in [4.69, 9.17) is 10.8 Å². The second-order valence-corrected chi connectivity index (χ2v) is 2.82. The van der Waals surface area contributed by atoms with Gasteiger partial charge in [-0.1, -0.05) is 6.92 Å². The Hall–Kier alpha value is -0.940. The minimum Gasteiger partial charge on any atom is -0.396 e. The zero-order valence-corrected chi connectivity index (χ0v) is 7.69. The molecule has 0 rings (SSSR count). The predicted molar refractivity (Wildman–Crippen MR) is 47.9 cm³/mol. The lowest BCUT2D eigenvalue weighted by molar-refractivity contribution is -0.119. The Balaban J connectivity index is 4.19. The average Bonchev–Trinajstić information content (AvgIpc) is 2.05. The largest absolute Gasteiger partial charge is 0.396 e. The molecule has 2 atom stereocenters. The third-order valence-corrected chi connectivity index (χ3v) is 1.79. The van der Waals surface area contributed by atoms with Gasteiger partial charge < -0.3 is 21.0 Å². The molecule has 0 saturated heterocycles. The fourth-order valence-corrected chi connectivity index (χ4v) is 1.12. The van der Waals surface area contributed by atoms with E-state index >= 15 is 0 Å². The molecule has 0 spiro atoms. The van der Waals surface area contributed by atoms with Crippen LogP contribution in [0.3, 0.4) is 0 Å². The normalized spacial score (nSPS) is 14.9. The summed E-state index contributed by atoms with van der Waals surface area (Å²) in [6, 6.07) is -0.356. The van der Waals surface area contributed by atoms with Crippen molar-refractivity contribution in [2.45, 2.75) is 19.4 Å². The number of nitrogens with one attached hydrogen (secondary N) is 1. The van der Waals surface area contributed by atoms with Gasteiger partial charge in [-0.3, -0.25) is 4.79 Å². The maximum Gasteiger partial charge on any atom is 0.219 e. The molecule has 0 aromatic rings. The van der Waals surface area contributed by atoms with E-state index < -0.39 is 11.8 Å². The highest BCUT2D eigenvalue weighted by Crippen LogP contribution is 2.03. The van der Waals surface area contributed by atoms with E-state index in [0.717, 1.165) is 0 Å². The van der Waals surface area contributed by atoms with Crippen LogP contribution in [0.2, 0.25) is 0 Å². The van der Waals surface area contributed by atoms with Gasteiger partial charge in [-0.25, -0.2) is 0 Å². The monoisotopic (exact) mass is 188 g/mol. The molecule has 5 nitrogen and oxygen atoms in total. The Bertz CT molecular complexity index is 173. The summed E-state index contributed by atoms with van der Waals surface area (Å²) in [4.78, 5) is 21.1. The Kier molecular flexibility index (Phi) is 6.09. The summed E-state index contributed by atoms with van der Waals surface area (Å²) in [5, 5.41) is 11.7. The van der Waals surface area contributed by atoms with Crippen LogP contribution < -0.4 is 11.1 Å². The van der Waals surface area contributed by atoms with Crippen LogP contribution in [-0.4, -0.2) is 36.5 Å². The second kappa shape index (κ2) is 6.56. The van der Waals surface area contributed by atoms with Gasteiger partial charge in [-0.05, 0) is 6.54 Å². The first-order chi connectivity index (χ1) is 6.15. The van der Waals surface area contributed by atoms with Crippen molar-refractivity contribution in [2.24, 2.45) is 11.7 Å². The number of aldehydes is 1. The molecule has 0 fully saturated rings. The van der Waals surface area contributed by atoms with Gasteiger partial charge in [0, 0.05) is 12.5 Å². The van der Waals surface area contributed by atoms with Crippen LogP contribution in [0.1, 0.15) is 13.3 Å². The molecular weight excluding hydrogens is 172 g/mol. The molecule has 0 aliphatic rings. The number of nitrogens with two attached hydrogens (primary N) is 1. The summed E-state index contributed by atoms with van der Waals surface area (Å²) in [5.41, 5.74) is 4.99. The Morgan fingerprint density at radius 1 is 1.69 bits per heavy atom. The van der Waals surface area contributed by atoms with Gasteiger partial charge in [-0.2, -0.15) is 0 Å². The number of aliphatic hydroxyl groups is 1. The number of carbonyl (C=O) groups excluding carboxylic acids is 2. The Labute approximate surface area is 77.3 Å². The minimum absolute atomic E-state index is 0.0673. The average molecular weight is 188 g/mol. The van der Waals surface area contributed by atoms with E-state index in [-0.39, 0.29) is 19.1 Å². The molecule has 0 saturated carbocycles. The van der Waals surface area contributed by atoms with Crippen LogP contribution in [0.25, 0.3) is 0 Å². The van der Waals surface area contributed by atoms with Gasteiger partial charge in [0.05, 0.1) is 12.5 Å². The molecule has 2 unspecified atom stereocenters. The third-order valence-electron chi connectivity index (χ3n) is 1.79. The van der Waals surface area contributed by atoms with Crippen molar-refractivity contribution >= 4 is 12.2 Å². The van der Waals surface area contributed by atoms with Crippen molar-refractivity contribution < 1.29 is 14.7 Å². The SMILES string of the molecule is CCNC(CC(N)=O)C(C=O)CO. The summed E-state index contributed by atoms with van der Waals surface area (Å²) in [5.74, 6) is -1.04. The van der Waals surface area contributed by atoms with E-state index in [2.05, 4.69) is 5.32 Å². The highest BCUT2D eigenvalue weighted by molar-refractivity contribution is 5.75. The number of aliphatic hydroxyl groups excluding tert-OH is 1. The smallest absolute Gasteiger partial charge is 0.219 e. The lowest BCUT2D eigenvalue weighted by Crippen LogP contribution is -2.41. The van der Waals surface area contributed by atoms with Gasteiger partial charge in [0.15, 0.2) is 0 Å². The van der Waals surface area contributed by atoms with E-state index in [1.165, 1.54) is 0 Å². The van der Waals surface area contributed by atoms with Crippen molar-refractivity contribution in [3.63, 3.8) is 0 Å². The topological polar surface area (TPSA) is 92.4 Å². The summed E-state index contributed by atoms with van der Waals surface area (Å²) in [6.07, 6.45) is 0.702. The molecule has 0 heterocycles. The highest BCUT2D eigenvalue weighted by Gasteiger charge is 2.20. The lowest BCUT2D eigenvalue weighted by Gasteiger charge is -2.20. The summed E-state index contributed by atoms with van der Waals surface area (Å²) < 4.78 is 0. The van der Waals surface area contributed by atoms with E-state index in [1.807, 2.05) is 6.92 Å². The van der Waals surface area contributed by atoms with Gasteiger partial charge in [-0.15, -0.1) is 0 Å². The van der Waals surface area contributed by atoms with E-state index in [1.54, 1.807) is 0 Å². The molecule has 0 bridgehead atoms. The van der Waals surface area contributed by atoms with Crippen molar-refractivity contribution in [2.75, 3.05) is 13.2 Å². The molecule has 5 heteroatoms. The first-order valence-electron chi connectivity index (χ1n) is 4.23. The van der Waals surface area contributed by atoms with Crippen molar-refractivity contribution in [3.05, 3.63) is 0 Å². The molecule has 4 N–H and O–H groups in total. The van der Waals surface area contributed by atoms with Crippen LogP contribution >= 0.6 is 0 Å². The van der Waals surface area contributed by atoms with Crippen LogP contribution in [0.5, 0.6) is 0 Å². The molecule has 0 radical (unpaired) electrons. The van der Waals surface area contributed by atoms with Crippen molar-refractivity contribution in [3.8, 4) is 0 Å². The minimum atomic E-state index is -0.563. The van der Waals surface area contributed by atoms with Crippen LogP contribution in [0, 0.1) is 5.92 Å². The Morgan fingerprint density at radius 2 is 2.31 bits per heavy atom. The van der Waals surface area contributed by atoms with Gasteiger partial charge in [0.1, 0.15) is 6.29 Å². The molecule has 0 aromatic carbocycles. The molecule has 76 valence electrons. The first-order valence-corrected chi connectivity index (χ1v) is 4.23. The first kappa shape index (κ1) is 12.1. The quantitative estimate of drug-likeness (QED) is 0.430. The number of amides is 1. The standard InChI is InChI=1S/C8H16N2O3/c1-2-10-7(3-8(9)13)6(4-11)5-12/h4,6-7,10,12H,2-3,5H2,1H3,(H2,9,13). The summed E-state index contributed by atoms with van der Waals surface area (Å²) >= 11 is 0. The van der Waals surface area contributed by atoms with Gasteiger partial charge in [0.25, 0.3) is 0 Å². The zero-order valence-electron chi connectivity index (χ0n) is 7.69. The van der Waals surface area contributed by atoms with Crippen LogP contribution in [0.4, 0.5) is 0 Å². The lowest BCUT2D eigenvalue weighted by atomic mass is 9.99. The summed E-state index contributed by atoms with van der Waals surface area (Å²) in [7, 11) is 0. The molecule has 13 heavy (non-hydrogen) atoms. The summed E-state index contributed by atoms with van der Waals surface area (Å²) in [6.45, 7) is 2.21. The number of hydrogen-bond donors (Lipinski definition) is 3. The fraction of sp³-hybridized carbons (Fsp3) is 0.750. The number of primary amides is 1. The van der Waals surface area contributed by atoms with E-state index in [0.29, 0.717) is 12.8 Å². The fourth-order valence-electron chi connectivity index (χ4n) is 1.12. The molecule has 0 aliphatic carbocycles. The van der Waals surface area contributed by atoms with E-state index in [9.17, 15) is 9.59 Å². The molecular formula is C8H16N2O3. The molecule has 1 amide bonds. The van der Waals surface area contributed by atoms with Crippen LogP contribution in [0.15, 0.2) is 0 Å². The number of carbonyl (C=O) groups is 2. The number of hydrogen-bond acceptors (Lipinski definition) is 4. The Morgan fingerprint density at radius 3 is 2.62 bits per heavy atom. The molecule has 0 aromatic heterocycles. The maximum atomic E-state index is 10.6. The number of rotatable bonds is 7.